The van der Waals surface area contributed by atoms with E-state index in [1.807, 2.05) is 16.7 Å². The molecule has 0 spiro atoms. The van der Waals surface area contributed by atoms with Crippen molar-refractivity contribution in [1.29, 1.82) is 0 Å². The third-order valence-electron chi connectivity index (χ3n) is 4.28. The molecule has 0 bridgehead atoms. The molecule has 2 N–H and O–H groups in total. The Labute approximate surface area is 115 Å². The molecule has 0 aromatic carbocycles. The minimum atomic E-state index is -0.138. The van der Waals surface area contributed by atoms with Crippen LogP contribution in [0.2, 0.25) is 0 Å². The lowest BCUT2D eigenvalue weighted by Crippen LogP contribution is -2.48. The van der Waals surface area contributed by atoms with Crippen molar-refractivity contribution in [3.63, 3.8) is 0 Å². The molecule has 2 atom stereocenters. The molecule has 0 radical (unpaired) electrons. The molecular formula is C14H25N3O2. The van der Waals surface area contributed by atoms with Crippen molar-refractivity contribution in [1.82, 2.24) is 9.80 Å². The Kier molecular flexibility index (Phi) is 4.80. The number of piperidine rings is 1. The first-order valence-electron chi connectivity index (χ1n) is 7.41. The summed E-state index contributed by atoms with van der Waals surface area (Å²) < 4.78 is 0. The maximum atomic E-state index is 12.4. The maximum Gasteiger partial charge on any atom is 0.227 e. The number of nitrogens with zero attached hydrogens (tertiary/aromatic N) is 2. The van der Waals surface area contributed by atoms with Crippen molar-refractivity contribution < 1.29 is 9.59 Å². The zero-order valence-electron chi connectivity index (χ0n) is 11.8. The molecule has 0 aromatic heterocycles. The van der Waals surface area contributed by atoms with Crippen molar-refractivity contribution in [3.8, 4) is 0 Å². The van der Waals surface area contributed by atoms with E-state index in [1.165, 1.54) is 0 Å². The Balaban J connectivity index is 1.93. The van der Waals surface area contributed by atoms with Gasteiger partial charge in [-0.1, -0.05) is 6.92 Å². The van der Waals surface area contributed by atoms with Gasteiger partial charge in [0, 0.05) is 38.6 Å². The molecule has 5 nitrogen and oxygen atoms in total. The molecular weight excluding hydrogens is 242 g/mol. The monoisotopic (exact) mass is 267 g/mol. The zero-order valence-corrected chi connectivity index (χ0v) is 11.8. The van der Waals surface area contributed by atoms with Gasteiger partial charge in [-0.05, 0) is 25.7 Å². The second kappa shape index (κ2) is 6.37. The summed E-state index contributed by atoms with van der Waals surface area (Å²) in [5.74, 6) is 0.207. The minimum Gasteiger partial charge on any atom is -0.342 e. The SMILES string of the molecule is CC(CN)C(=O)N1CCCC(C(=O)N2CCCC2)C1. The smallest absolute Gasteiger partial charge is 0.227 e. The fourth-order valence-corrected chi connectivity index (χ4v) is 2.99. The molecule has 2 fully saturated rings. The van der Waals surface area contributed by atoms with Gasteiger partial charge >= 0.3 is 0 Å². The Morgan fingerprint density at radius 2 is 1.79 bits per heavy atom. The molecule has 2 rings (SSSR count). The van der Waals surface area contributed by atoms with Crippen LogP contribution in [0.5, 0.6) is 0 Å². The summed E-state index contributed by atoms with van der Waals surface area (Å²) in [5, 5.41) is 0. The average Bonchev–Trinajstić information content (AvgIpc) is 2.99. The minimum absolute atomic E-state index is 0.000717. The third kappa shape index (κ3) is 3.26. The van der Waals surface area contributed by atoms with Crippen molar-refractivity contribution in [2.45, 2.75) is 32.6 Å². The van der Waals surface area contributed by atoms with Gasteiger partial charge in [0.15, 0.2) is 0 Å². The first kappa shape index (κ1) is 14.3. The summed E-state index contributed by atoms with van der Waals surface area (Å²) in [6.45, 7) is 5.37. The zero-order chi connectivity index (χ0) is 13.8. The van der Waals surface area contributed by atoms with Gasteiger partial charge in [0.1, 0.15) is 0 Å². The molecule has 2 aliphatic heterocycles. The number of carbonyl (C=O) groups is 2. The molecule has 2 saturated heterocycles. The molecule has 5 heteroatoms. The summed E-state index contributed by atoms with van der Waals surface area (Å²) >= 11 is 0. The van der Waals surface area contributed by atoms with Crippen LogP contribution in [-0.2, 0) is 9.59 Å². The molecule has 0 aromatic rings. The highest BCUT2D eigenvalue weighted by Crippen LogP contribution is 2.22. The number of likely N-dealkylation sites (tertiary alicyclic amines) is 2. The van der Waals surface area contributed by atoms with E-state index >= 15 is 0 Å². The maximum absolute atomic E-state index is 12.4. The molecule has 0 aliphatic carbocycles. The van der Waals surface area contributed by atoms with Gasteiger partial charge in [0.05, 0.1) is 5.92 Å². The molecule has 2 unspecified atom stereocenters. The van der Waals surface area contributed by atoms with Gasteiger partial charge in [0.2, 0.25) is 11.8 Å². The lowest BCUT2D eigenvalue weighted by molar-refractivity contribution is -0.141. The molecule has 0 saturated carbocycles. The molecule has 108 valence electrons. The highest BCUT2D eigenvalue weighted by molar-refractivity contribution is 5.82. The van der Waals surface area contributed by atoms with Gasteiger partial charge in [-0.3, -0.25) is 9.59 Å². The van der Waals surface area contributed by atoms with Crippen LogP contribution in [0, 0.1) is 11.8 Å². The van der Waals surface area contributed by atoms with E-state index in [-0.39, 0.29) is 23.7 Å². The number of hydrogen-bond acceptors (Lipinski definition) is 3. The quantitative estimate of drug-likeness (QED) is 0.807. The van der Waals surface area contributed by atoms with E-state index in [9.17, 15) is 9.59 Å². The van der Waals surface area contributed by atoms with Gasteiger partial charge in [0.25, 0.3) is 0 Å². The normalized spacial score (nSPS) is 25.5. The first-order valence-corrected chi connectivity index (χ1v) is 7.41. The van der Waals surface area contributed by atoms with E-state index < -0.39 is 0 Å². The van der Waals surface area contributed by atoms with Gasteiger partial charge < -0.3 is 15.5 Å². The van der Waals surface area contributed by atoms with Crippen LogP contribution in [0.3, 0.4) is 0 Å². The van der Waals surface area contributed by atoms with Gasteiger partial charge in [-0.15, -0.1) is 0 Å². The Bertz CT molecular complexity index is 340. The van der Waals surface area contributed by atoms with Crippen LogP contribution in [0.4, 0.5) is 0 Å². The summed E-state index contributed by atoms with van der Waals surface area (Å²) in [4.78, 5) is 28.3. The van der Waals surface area contributed by atoms with E-state index in [1.54, 1.807) is 0 Å². The topological polar surface area (TPSA) is 66.6 Å². The number of rotatable bonds is 3. The van der Waals surface area contributed by atoms with E-state index in [0.717, 1.165) is 45.3 Å². The van der Waals surface area contributed by atoms with Crippen LogP contribution < -0.4 is 5.73 Å². The van der Waals surface area contributed by atoms with Gasteiger partial charge in [-0.2, -0.15) is 0 Å². The van der Waals surface area contributed by atoms with Crippen molar-refractivity contribution in [2.75, 3.05) is 32.7 Å². The molecule has 2 heterocycles. The van der Waals surface area contributed by atoms with Crippen molar-refractivity contribution in [3.05, 3.63) is 0 Å². The molecule has 19 heavy (non-hydrogen) atoms. The lowest BCUT2D eigenvalue weighted by Gasteiger charge is -2.35. The Hall–Kier alpha value is -1.10. The summed E-state index contributed by atoms with van der Waals surface area (Å²) in [5.41, 5.74) is 5.55. The molecule has 2 aliphatic rings. The van der Waals surface area contributed by atoms with Crippen LogP contribution >= 0.6 is 0 Å². The third-order valence-corrected chi connectivity index (χ3v) is 4.28. The standard InChI is InChI=1S/C14H25N3O2/c1-11(9-15)13(18)17-8-4-5-12(10-17)14(19)16-6-2-3-7-16/h11-12H,2-10,15H2,1H3. The average molecular weight is 267 g/mol. The predicted molar refractivity (Wildman–Crippen MR) is 73.3 cm³/mol. The lowest BCUT2D eigenvalue weighted by atomic mass is 9.95. The largest absolute Gasteiger partial charge is 0.342 e. The Morgan fingerprint density at radius 3 is 2.42 bits per heavy atom. The highest BCUT2D eigenvalue weighted by atomic mass is 16.2. The van der Waals surface area contributed by atoms with Crippen LogP contribution in [0.25, 0.3) is 0 Å². The fraction of sp³-hybridized carbons (Fsp3) is 0.857. The van der Waals surface area contributed by atoms with Crippen LogP contribution in [0.1, 0.15) is 32.6 Å². The summed E-state index contributed by atoms with van der Waals surface area (Å²) in [7, 11) is 0. The number of amides is 2. The van der Waals surface area contributed by atoms with E-state index in [4.69, 9.17) is 5.73 Å². The summed E-state index contributed by atoms with van der Waals surface area (Å²) in [6.07, 6.45) is 4.07. The number of hydrogen-bond donors (Lipinski definition) is 1. The van der Waals surface area contributed by atoms with Crippen molar-refractivity contribution >= 4 is 11.8 Å². The number of carbonyl (C=O) groups excluding carboxylic acids is 2. The number of nitrogens with two attached hydrogens (primary N) is 1. The van der Waals surface area contributed by atoms with Crippen LogP contribution in [0.15, 0.2) is 0 Å². The summed E-state index contributed by atoms with van der Waals surface area (Å²) in [6, 6.07) is 0. The first-order chi connectivity index (χ1) is 9.13. The van der Waals surface area contributed by atoms with Gasteiger partial charge in [-0.25, -0.2) is 0 Å². The fourth-order valence-electron chi connectivity index (χ4n) is 2.99. The molecule has 2 amide bonds. The van der Waals surface area contributed by atoms with Crippen LogP contribution in [-0.4, -0.2) is 54.3 Å². The van der Waals surface area contributed by atoms with Crippen molar-refractivity contribution in [2.24, 2.45) is 17.6 Å². The second-order valence-corrected chi connectivity index (χ2v) is 5.79. The second-order valence-electron chi connectivity index (χ2n) is 5.79. The highest BCUT2D eigenvalue weighted by Gasteiger charge is 2.32. The predicted octanol–water partition coefficient (Wildman–Crippen LogP) is 0.442. The van der Waals surface area contributed by atoms with E-state index in [0.29, 0.717) is 13.1 Å². The Morgan fingerprint density at radius 1 is 1.16 bits per heavy atom. The van der Waals surface area contributed by atoms with E-state index in [2.05, 4.69) is 0 Å².